The fourth-order valence-electron chi connectivity index (χ4n) is 2.85. The van der Waals surface area contributed by atoms with E-state index in [1.54, 1.807) is 0 Å². The molecule has 1 aliphatic heterocycles. The van der Waals surface area contributed by atoms with Gasteiger partial charge in [0.05, 0.1) is 6.54 Å². The Morgan fingerprint density at radius 1 is 1.36 bits per heavy atom. The second-order valence-electron chi connectivity index (χ2n) is 6.49. The van der Waals surface area contributed by atoms with Crippen LogP contribution in [0.4, 0.5) is 0 Å². The van der Waals surface area contributed by atoms with Crippen LogP contribution in [0.3, 0.4) is 0 Å². The number of hydrogen-bond donors (Lipinski definition) is 3. The van der Waals surface area contributed by atoms with E-state index >= 15 is 0 Å². The second kappa shape index (κ2) is 13.2. The lowest BCUT2D eigenvalue weighted by molar-refractivity contribution is -0.121. The Hall–Kier alpha value is -1.06. The Bertz CT molecular complexity index is 445. The van der Waals surface area contributed by atoms with Gasteiger partial charge in [0.2, 0.25) is 11.8 Å². The summed E-state index contributed by atoms with van der Waals surface area (Å²) in [4.78, 5) is 29.7. The van der Waals surface area contributed by atoms with Crippen LogP contribution in [0.15, 0.2) is 4.99 Å². The van der Waals surface area contributed by atoms with E-state index in [2.05, 4.69) is 20.5 Å². The van der Waals surface area contributed by atoms with Gasteiger partial charge < -0.3 is 21.3 Å². The monoisotopic (exact) mass is 467 g/mol. The number of nitrogens with zero attached hydrogens (tertiary/aromatic N) is 2. The maximum absolute atomic E-state index is 11.8. The van der Waals surface area contributed by atoms with E-state index in [4.69, 9.17) is 5.73 Å². The molecule has 8 heteroatoms. The largest absolute Gasteiger partial charge is 0.370 e. The average molecular weight is 467 g/mol. The maximum atomic E-state index is 11.8. The molecular weight excluding hydrogens is 433 g/mol. The lowest BCUT2D eigenvalue weighted by Crippen LogP contribution is -2.47. The Morgan fingerprint density at radius 2 is 2.08 bits per heavy atom. The molecule has 2 atom stereocenters. The Balaban J connectivity index is 0.00000576. The standard InChI is InChI=1S/C17H33N5O2.HI/c1-4-13(3)21-16(24)8-9-20-17(19-5-2)22-10-6-7-14(12-22)11-15(18)23;/h13-14H,4-12H2,1-3H3,(H2,18,23)(H,19,20)(H,21,24);1H. The Labute approximate surface area is 168 Å². The van der Waals surface area contributed by atoms with Crippen LogP contribution in [0.2, 0.25) is 0 Å². The van der Waals surface area contributed by atoms with Gasteiger partial charge in [-0.25, -0.2) is 0 Å². The van der Waals surface area contributed by atoms with Gasteiger partial charge >= 0.3 is 0 Å². The summed E-state index contributed by atoms with van der Waals surface area (Å²) < 4.78 is 0. The molecule has 0 aromatic rings. The molecule has 25 heavy (non-hydrogen) atoms. The SMILES string of the molecule is CCNC(=NCCC(=O)NC(C)CC)N1CCCC(CC(N)=O)C1.I. The molecule has 0 radical (unpaired) electrons. The number of aliphatic imine (C=N–C) groups is 1. The summed E-state index contributed by atoms with van der Waals surface area (Å²) in [5.74, 6) is 0.900. The summed E-state index contributed by atoms with van der Waals surface area (Å²) in [6, 6.07) is 0.200. The summed E-state index contributed by atoms with van der Waals surface area (Å²) in [6.07, 6.45) is 3.78. The Kier molecular flexibility index (Phi) is 12.6. The van der Waals surface area contributed by atoms with Gasteiger partial charge in [-0.1, -0.05) is 6.92 Å². The minimum atomic E-state index is -0.245. The minimum absolute atomic E-state index is 0. The van der Waals surface area contributed by atoms with Crippen molar-refractivity contribution in [3.63, 3.8) is 0 Å². The molecule has 7 nitrogen and oxygen atoms in total. The molecule has 2 amide bonds. The molecule has 1 aliphatic rings. The number of piperidine rings is 1. The number of guanidine groups is 1. The number of carbonyl (C=O) groups excluding carboxylic acids is 2. The first-order chi connectivity index (χ1) is 11.5. The van der Waals surface area contributed by atoms with Crippen LogP contribution >= 0.6 is 24.0 Å². The van der Waals surface area contributed by atoms with Gasteiger partial charge in [0.25, 0.3) is 0 Å². The molecule has 2 unspecified atom stereocenters. The smallest absolute Gasteiger partial charge is 0.222 e. The van der Waals surface area contributed by atoms with Crippen LogP contribution in [-0.2, 0) is 9.59 Å². The van der Waals surface area contributed by atoms with Crippen molar-refractivity contribution in [3.05, 3.63) is 0 Å². The highest BCUT2D eigenvalue weighted by Gasteiger charge is 2.23. The fourth-order valence-corrected chi connectivity index (χ4v) is 2.85. The lowest BCUT2D eigenvalue weighted by atomic mass is 9.95. The van der Waals surface area contributed by atoms with E-state index in [9.17, 15) is 9.59 Å². The second-order valence-corrected chi connectivity index (χ2v) is 6.49. The van der Waals surface area contributed by atoms with Crippen LogP contribution in [0, 0.1) is 5.92 Å². The maximum Gasteiger partial charge on any atom is 0.222 e. The first-order valence-corrected chi connectivity index (χ1v) is 9.07. The highest BCUT2D eigenvalue weighted by molar-refractivity contribution is 14.0. The summed E-state index contributed by atoms with van der Waals surface area (Å²) in [7, 11) is 0. The topological polar surface area (TPSA) is 99.8 Å². The van der Waals surface area contributed by atoms with Crippen molar-refractivity contribution in [2.45, 2.75) is 58.9 Å². The van der Waals surface area contributed by atoms with Crippen LogP contribution < -0.4 is 16.4 Å². The number of hydrogen-bond acceptors (Lipinski definition) is 3. The van der Waals surface area contributed by atoms with Gasteiger partial charge in [0.1, 0.15) is 0 Å². The van der Waals surface area contributed by atoms with Gasteiger partial charge in [-0.2, -0.15) is 0 Å². The molecule has 146 valence electrons. The first-order valence-electron chi connectivity index (χ1n) is 9.07. The lowest BCUT2D eigenvalue weighted by Gasteiger charge is -2.34. The zero-order valence-corrected chi connectivity index (χ0v) is 18.0. The van der Waals surface area contributed by atoms with Crippen molar-refractivity contribution in [2.75, 3.05) is 26.2 Å². The predicted octanol–water partition coefficient (Wildman–Crippen LogP) is 1.46. The average Bonchev–Trinajstić information content (AvgIpc) is 2.53. The molecular formula is C17H34IN5O2. The molecule has 0 aliphatic carbocycles. The quantitative estimate of drug-likeness (QED) is 0.286. The normalized spacial score (nSPS) is 18.9. The third kappa shape index (κ3) is 9.86. The molecule has 0 aromatic carbocycles. The number of carbonyl (C=O) groups is 2. The van der Waals surface area contributed by atoms with Crippen LogP contribution in [0.5, 0.6) is 0 Å². The van der Waals surface area contributed by atoms with E-state index in [0.717, 1.165) is 44.9 Å². The van der Waals surface area contributed by atoms with E-state index in [1.807, 2.05) is 20.8 Å². The zero-order valence-electron chi connectivity index (χ0n) is 15.7. The molecule has 0 spiro atoms. The van der Waals surface area contributed by atoms with Crippen LogP contribution in [0.1, 0.15) is 52.9 Å². The first kappa shape index (κ1) is 23.9. The number of rotatable bonds is 8. The summed E-state index contributed by atoms with van der Waals surface area (Å²) in [5.41, 5.74) is 5.32. The molecule has 0 saturated carbocycles. The summed E-state index contributed by atoms with van der Waals surface area (Å²) in [5, 5.41) is 6.23. The highest BCUT2D eigenvalue weighted by Crippen LogP contribution is 2.19. The van der Waals surface area contributed by atoms with E-state index < -0.39 is 0 Å². The van der Waals surface area contributed by atoms with Crippen molar-refractivity contribution in [1.82, 2.24) is 15.5 Å². The molecule has 0 aromatic heterocycles. The summed E-state index contributed by atoms with van der Waals surface area (Å²) in [6.45, 7) is 9.00. The highest BCUT2D eigenvalue weighted by atomic mass is 127. The number of nitrogens with two attached hydrogens (primary N) is 1. The van der Waals surface area contributed by atoms with Gasteiger partial charge in [0.15, 0.2) is 5.96 Å². The number of amides is 2. The van der Waals surface area contributed by atoms with Crippen molar-refractivity contribution in [1.29, 1.82) is 0 Å². The van der Waals surface area contributed by atoms with E-state index in [0.29, 0.717) is 19.4 Å². The molecule has 1 heterocycles. The third-order valence-electron chi connectivity index (χ3n) is 4.26. The van der Waals surface area contributed by atoms with Crippen molar-refractivity contribution in [2.24, 2.45) is 16.6 Å². The molecule has 1 saturated heterocycles. The van der Waals surface area contributed by atoms with Gasteiger partial charge in [-0.15, -0.1) is 24.0 Å². The number of nitrogens with one attached hydrogen (secondary N) is 2. The minimum Gasteiger partial charge on any atom is -0.370 e. The van der Waals surface area contributed by atoms with Crippen molar-refractivity contribution < 1.29 is 9.59 Å². The third-order valence-corrected chi connectivity index (χ3v) is 4.26. The molecule has 4 N–H and O–H groups in total. The Morgan fingerprint density at radius 3 is 2.68 bits per heavy atom. The van der Waals surface area contributed by atoms with Crippen LogP contribution in [0.25, 0.3) is 0 Å². The number of likely N-dealkylation sites (tertiary alicyclic amines) is 1. The summed E-state index contributed by atoms with van der Waals surface area (Å²) >= 11 is 0. The van der Waals surface area contributed by atoms with Crippen molar-refractivity contribution in [3.8, 4) is 0 Å². The fraction of sp³-hybridized carbons (Fsp3) is 0.824. The molecule has 1 fully saturated rings. The molecule has 1 rings (SSSR count). The van der Waals surface area contributed by atoms with Crippen molar-refractivity contribution >= 4 is 41.8 Å². The van der Waals surface area contributed by atoms with Gasteiger partial charge in [-0.3, -0.25) is 14.6 Å². The molecule has 0 bridgehead atoms. The van der Waals surface area contributed by atoms with Gasteiger partial charge in [0, 0.05) is 38.5 Å². The number of halogens is 1. The zero-order chi connectivity index (χ0) is 17.9. The van der Waals surface area contributed by atoms with Crippen LogP contribution in [-0.4, -0.2) is 54.9 Å². The van der Waals surface area contributed by atoms with E-state index in [-0.39, 0.29) is 47.8 Å². The number of primary amides is 1. The van der Waals surface area contributed by atoms with E-state index in [1.165, 1.54) is 0 Å². The van der Waals surface area contributed by atoms with Gasteiger partial charge in [-0.05, 0) is 39.0 Å². The predicted molar refractivity (Wildman–Crippen MR) is 112 cm³/mol.